The first-order valence-corrected chi connectivity index (χ1v) is 4.91. The summed E-state index contributed by atoms with van der Waals surface area (Å²) < 4.78 is 14.7. The lowest BCUT2D eigenvalue weighted by molar-refractivity contribution is -0.279. The first-order valence-electron chi connectivity index (χ1n) is 2.88. The average molecular weight is 168 g/mol. The van der Waals surface area contributed by atoms with Gasteiger partial charge in [0.1, 0.15) is 0 Å². The van der Waals surface area contributed by atoms with Gasteiger partial charge in [0.15, 0.2) is 0 Å². The van der Waals surface area contributed by atoms with E-state index in [9.17, 15) is 4.57 Å². The fourth-order valence-electron chi connectivity index (χ4n) is 0.181. The van der Waals surface area contributed by atoms with Crippen molar-refractivity contribution >= 4 is 7.60 Å². The average Bonchev–Trinajstić information content (AvgIpc) is 1.57. The van der Waals surface area contributed by atoms with Gasteiger partial charge < -0.3 is 4.89 Å². The molecule has 0 bridgehead atoms. The maximum absolute atomic E-state index is 10.5. The van der Waals surface area contributed by atoms with Gasteiger partial charge in [0.05, 0.1) is 5.60 Å². The molecule has 5 heteroatoms. The molecule has 0 aliphatic heterocycles. The Morgan fingerprint density at radius 1 is 1.40 bits per heavy atom. The molecule has 0 heterocycles. The Labute approximate surface area is 60.6 Å². The van der Waals surface area contributed by atoms with Crippen LogP contribution in [0.15, 0.2) is 0 Å². The van der Waals surface area contributed by atoms with Crippen molar-refractivity contribution in [1.82, 2.24) is 0 Å². The monoisotopic (exact) mass is 168 g/mol. The van der Waals surface area contributed by atoms with Gasteiger partial charge in [-0.1, -0.05) is 0 Å². The molecular weight excluding hydrogens is 155 g/mol. The van der Waals surface area contributed by atoms with Crippen LogP contribution in [0.4, 0.5) is 0 Å². The van der Waals surface area contributed by atoms with E-state index >= 15 is 0 Å². The lowest BCUT2D eigenvalue weighted by Crippen LogP contribution is -2.18. The second-order valence-electron chi connectivity index (χ2n) is 3.07. The molecule has 0 aromatic carbocycles. The zero-order chi connectivity index (χ0) is 8.41. The normalized spacial score (nSPS) is 18.5. The molecule has 0 amide bonds. The van der Waals surface area contributed by atoms with E-state index in [1.165, 1.54) is 0 Å². The molecule has 1 atom stereocenters. The molecule has 4 nitrogen and oxygen atoms in total. The van der Waals surface area contributed by atoms with E-state index in [2.05, 4.69) is 9.56 Å². The van der Waals surface area contributed by atoms with Gasteiger partial charge in [-0.25, -0.2) is 4.89 Å². The summed E-state index contributed by atoms with van der Waals surface area (Å²) >= 11 is 0. The van der Waals surface area contributed by atoms with Crippen LogP contribution in [0.2, 0.25) is 0 Å². The largest absolute Gasteiger partial charge is 0.352 e. The summed E-state index contributed by atoms with van der Waals surface area (Å²) in [5.74, 6) is 0. The topological polar surface area (TPSA) is 55.8 Å². The van der Waals surface area contributed by atoms with Gasteiger partial charge in [-0.05, 0) is 20.8 Å². The number of hydrogen-bond donors (Lipinski definition) is 1. The van der Waals surface area contributed by atoms with E-state index in [1.54, 1.807) is 20.8 Å². The van der Waals surface area contributed by atoms with E-state index in [1.807, 2.05) is 0 Å². The standard InChI is InChI=1S/C5H13O4P/c1-5(2,3)8-9-10(4,6)7/h1-4H3,(H,6,7). The van der Waals surface area contributed by atoms with E-state index in [4.69, 9.17) is 4.89 Å². The van der Waals surface area contributed by atoms with Gasteiger partial charge in [0.2, 0.25) is 0 Å². The minimum absolute atomic E-state index is 0.547. The Morgan fingerprint density at radius 3 is 1.90 bits per heavy atom. The molecule has 0 rings (SSSR count). The van der Waals surface area contributed by atoms with Crippen molar-refractivity contribution < 1.29 is 19.0 Å². The van der Waals surface area contributed by atoms with Crippen LogP contribution in [0.3, 0.4) is 0 Å². The van der Waals surface area contributed by atoms with Gasteiger partial charge in [0.25, 0.3) is 0 Å². The van der Waals surface area contributed by atoms with Crippen LogP contribution in [0.5, 0.6) is 0 Å². The summed E-state index contributed by atoms with van der Waals surface area (Å²) in [6.07, 6.45) is 0. The SMILES string of the molecule is CC(C)(C)OOP(C)(=O)O. The first-order chi connectivity index (χ1) is 4.21. The zero-order valence-corrected chi connectivity index (χ0v) is 7.51. The maximum atomic E-state index is 10.5. The minimum Gasteiger partial charge on any atom is -0.323 e. The molecule has 0 aliphatic carbocycles. The molecule has 0 saturated carbocycles. The van der Waals surface area contributed by atoms with Crippen molar-refractivity contribution in [3.8, 4) is 0 Å². The van der Waals surface area contributed by atoms with Gasteiger partial charge in [-0.3, -0.25) is 4.57 Å². The summed E-state index contributed by atoms with van der Waals surface area (Å²) in [6, 6.07) is 0. The maximum Gasteiger partial charge on any atom is 0.352 e. The predicted molar refractivity (Wildman–Crippen MR) is 37.7 cm³/mol. The Morgan fingerprint density at radius 2 is 1.80 bits per heavy atom. The van der Waals surface area contributed by atoms with Crippen molar-refractivity contribution in [2.24, 2.45) is 0 Å². The van der Waals surface area contributed by atoms with Crippen molar-refractivity contribution in [2.45, 2.75) is 26.4 Å². The second-order valence-corrected chi connectivity index (χ2v) is 4.83. The molecule has 1 N–H and O–H groups in total. The molecule has 1 unspecified atom stereocenters. The quantitative estimate of drug-likeness (QED) is 0.386. The highest BCUT2D eigenvalue weighted by atomic mass is 31.2. The highest BCUT2D eigenvalue weighted by Crippen LogP contribution is 2.38. The van der Waals surface area contributed by atoms with Crippen LogP contribution in [0, 0.1) is 0 Å². The molecule has 0 saturated heterocycles. The molecule has 0 aromatic heterocycles. The van der Waals surface area contributed by atoms with Crippen molar-refractivity contribution in [2.75, 3.05) is 6.66 Å². The lowest BCUT2D eigenvalue weighted by Gasteiger charge is -2.17. The van der Waals surface area contributed by atoms with Gasteiger partial charge >= 0.3 is 7.60 Å². The second kappa shape index (κ2) is 3.01. The van der Waals surface area contributed by atoms with Gasteiger partial charge in [-0.15, -0.1) is 4.67 Å². The molecule has 0 fully saturated rings. The van der Waals surface area contributed by atoms with Crippen LogP contribution in [0.25, 0.3) is 0 Å². The smallest absolute Gasteiger partial charge is 0.323 e. The van der Waals surface area contributed by atoms with Crippen molar-refractivity contribution in [1.29, 1.82) is 0 Å². The fourth-order valence-corrected chi connectivity index (χ4v) is 0.543. The van der Waals surface area contributed by atoms with Gasteiger partial charge in [-0.2, -0.15) is 0 Å². The number of rotatable bonds is 2. The van der Waals surface area contributed by atoms with E-state index in [-0.39, 0.29) is 0 Å². The van der Waals surface area contributed by atoms with Crippen LogP contribution < -0.4 is 0 Å². The summed E-state index contributed by atoms with van der Waals surface area (Å²) in [7, 11) is -3.48. The Hall–Kier alpha value is 0.110. The molecule has 0 aromatic rings. The summed E-state index contributed by atoms with van der Waals surface area (Å²) in [6.45, 7) is 6.24. The Bertz CT molecular complexity index is 142. The van der Waals surface area contributed by atoms with Crippen molar-refractivity contribution in [3.05, 3.63) is 0 Å². The van der Waals surface area contributed by atoms with Crippen molar-refractivity contribution in [3.63, 3.8) is 0 Å². The molecule has 0 spiro atoms. The summed E-state index contributed by atoms with van der Waals surface area (Å²) in [5.41, 5.74) is -0.547. The fraction of sp³-hybridized carbons (Fsp3) is 1.00. The van der Waals surface area contributed by atoms with E-state index < -0.39 is 13.2 Å². The Kier molecular flexibility index (Phi) is 3.04. The third-order valence-electron chi connectivity index (χ3n) is 0.426. The number of hydrogen-bond acceptors (Lipinski definition) is 3. The van der Waals surface area contributed by atoms with E-state index in [0.29, 0.717) is 0 Å². The molecule has 62 valence electrons. The molecule has 0 radical (unpaired) electrons. The highest BCUT2D eigenvalue weighted by Gasteiger charge is 2.18. The van der Waals surface area contributed by atoms with E-state index in [0.717, 1.165) is 6.66 Å². The Balaban J connectivity index is 3.67. The van der Waals surface area contributed by atoms with Crippen LogP contribution in [-0.2, 0) is 14.1 Å². The van der Waals surface area contributed by atoms with Crippen LogP contribution in [0.1, 0.15) is 20.8 Å². The predicted octanol–water partition coefficient (Wildman–Crippen LogP) is 1.55. The molecule has 0 aliphatic rings. The first kappa shape index (κ1) is 10.1. The molecule has 10 heavy (non-hydrogen) atoms. The highest BCUT2D eigenvalue weighted by molar-refractivity contribution is 7.51. The lowest BCUT2D eigenvalue weighted by atomic mass is 10.2. The van der Waals surface area contributed by atoms with Crippen LogP contribution in [-0.4, -0.2) is 17.2 Å². The summed E-state index contributed by atoms with van der Waals surface area (Å²) in [5, 5.41) is 0. The molecular formula is C5H13O4P. The van der Waals surface area contributed by atoms with Gasteiger partial charge in [0, 0.05) is 6.66 Å². The summed E-state index contributed by atoms with van der Waals surface area (Å²) in [4.78, 5) is 13.2. The zero-order valence-electron chi connectivity index (χ0n) is 6.62. The minimum atomic E-state index is -3.48. The third-order valence-corrected chi connectivity index (χ3v) is 0.777. The third kappa shape index (κ3) is 8.11. The van der Waals surface area contributed by atoms with Crippen LogP contribution >= 0.6 is 7.60 Å².